The van der Waals surface area contributed by atoms with Crippen molar-refractivity contribution in [1.82, 2.24) is 0 Å². The molecule has 0 unspecified atom stereocenters. The van der Waals surface area contributed by atoms with E-state index < -0.39 is 0 Å². The molecule has 0 spiro atoms. The Bertz CT molecular complexity index is 104. The first-order valence-electron chi connectivity index (χ1n) is 2.42. The van der Waals surface area contributed by atoms with E-state index in [0.717, 1.165) is 0 Å². The van der Waals surface area contributed by atoms with Crippen molar-refractivity contribution in [2.45, 2.75) is 6.92 Å². The Morgan fingerprint density at radius 1 is 1.27 bits per heavy atom. The third-order valence-corrected chi connectivity index (χ3v) is 0. The summed E-state index contributed by atoms with van der Waals surface area (Å²) in [5.74, 6) is 0. The molecule has 0 rings (SSSR count). The van der Waals surface area contributed by atoms with Gasteiger partial charge in [0, 0.05) is 0 Å². The Labute approximate surface area is 89.2 Å². The number of allylic oxidation sites excluding steroid dienone is 1. The zero-order valence-corrected chi connectivity index (χ0v) is 9.57. The Balaban J connectivity index is -0.0000000886. The standard InChI is InChI=1S/C3H6.2CH3NS2/c1-3-2;2*2-1(3)4/h3H,1H2,2H3;2*(H3,2,3,4). The first-order chi connectivity index (χ1) is 4.88. The second-order valence-corrected chi connectivity index (χ2v) is 3.53. The number of rotatable bonds is 0. The highest BCUT2D eigenvalue weighted by Gasteiger charge is 1.56. The zero-order chi connectivity index (χ0) is 9.86. The zero-order valence-electron chi connectivity index (χ0n) is 6.15. The van der Waals surface area contributed by atoms with Crippen LogP contribution in [0.25, 0.3) is 0 Å². The summed E-state index contributed by atoms with van der Waals surface area (Å²) in [4.78, 5) is 0. The molecule has 2 nitrogen and oxygen atoms in total. The summed E-state index contributed by atoms with van der Waals surface area (Å²) in [6.45, 7) is 5.25. The fourth-order valence-corrected chi connectivity index (χ4v) is 0. The van der Waals surface area contributed by atoms with Gasteiger partial charge in [-0.15, -0.1) is 31.8 Å². The van der Waals surface area contributed by atoms with Crippen LogP contribution in [0.4, 0.5) is 0 Å². The van der Waals surface area contributed by atoms with Crippen molar-refractivity contribution in [2.75, 3.05) is 0 Å². The van der Waals surface area contributed by atoms with Crippen LogP contribution in [0.15, 0.2) is 12.7 Å². The highest BCUT2D eigenvalue weighted by atomic mass is 32.1. The lowest BCUT2D eigenvalue weighted by Gasteiger charge is -1.64. The van der Waals surface area contributed by atoms with Crippen molar-refractivity contribution in [3.63, 3.8) is 0 Å². The van der Waals surface area contributed by atoms with E-state index >= 15 is 0 Å². The number of hydrogen-bond acceptors (Lipinski definition) is 2. The second kappa shape index (κ2) is 16.7. The van der Waals surface area contributed by atoms with E-state index in [1.54, 1.807) is 6.08 Å². The van der Waals surface area contributed by atoms with E-state index in [0.29, 0.717) is 0 Å². The molecule has 11 heavy (non-hydrogen) atoms. The van der Waals surface area contributed by atoms with Gasteiger partial charge < -0.3 is 11.5 Å². The Kier molecular flexibility index (Phi) is 26.3. The molecule has 0 saturated heterocycles. The fraction of sp³-hybridized carbons (Fsp3) is 0.200. The predicted molar refractivity (Wildman–Crippen MR) is 67.4 cm³/mol. The Hall–Kier alpha value is 0.220. The molecular weight excluding hydrogens is 216 g/mol. The highest BCUT2D eigenvalue weighted by Crippen LogP contribution is 1.63. The normalized spacial score (nSPS) is 5.73. The molecule has 0 aromatic carbocycles. The maximum Gasteiger partial charge on any atom is 0.128 e. The van der Waals surface area contributed by atoms with E-state index in [1.807, 2.05) is 6.92 Å². The number of hydrogen-bond donors (Lipinski definition) is 4. The predicted octanol–water partition coefficient (Wildman–Crippen LogP) is 1.51. The van der Waals surface area contributed by atoms with Gasteiger partial charge in [-0.2, -0.15) is 0 Å². The summed E-state index contributed by atoms with van der Waals surface area (Å²) in [7, 11) is 0. The van der Waals surface area contributed by atoms with Crippen LogP contribution in [0.2, 0.25) is 0 Å². The van der Waals surface area contributed by atoms with Crippen LogP contribution in [0.5, 0.6) is 0 Å². The largest absolute Gasteiger partial charge is 0.385 e. The summed E-state index contributed by atoms with van der Waals surface area (Å²) in [5, 5.41) is 0. The van der Waals surface area contributed by atoms with Crippen molar-refractivity contribution in [3.8, 4) is 0 Å². The summed E-state index contributed by atoms with van der Waals surface area (Å²) in [6, 6.07) is 0. The minimum Gasteiger partial charge on any atom is -0.385 e. The van der Waals surface area contributed by atoms with E-state index in [4.69, 9.17) is 11.5 Å². The molecule has 0 aliphatic heterocycles. The van der Waals surface area contributed by atoms with Gasteiger partial charge in [0.05, 0.1) is 0 Å². The lowest BCUT2D eigenvalue weighted by atomic mass is 10.8. The fourth-order valence-electron chi connectivity index (χ4n) is 0. The molecule has 6 heteroatoms. The van der Waals surface area contributed by atoms with Gasteiger partial charge in [0.2, 0.25) is 0 Å². The third kappa shape index (κ3) is 14300. The third-order valence-electron chi connectivity index (χ3n) is 0. The first-order valence-corrected chi connectivity index (χ1v) is 4.13. The summed E-state index contributed by atoms with van der Waals surface area (Å²) < 4.78 is 0.389. The van der Waals surface area contributed by atoms with Crippen LogP contribution in [-0.4, -0.2) is 8.64 Å². The van der Waals surface area contributed by atoms with Gasteiger partial charge in [-0.3, -0.25) is 0 Å². The molecule has 0 amide bonds. The molecule has 0 fully saturated rings. The number of thiocarbonyl (C=S) groups is 2. The highest BCUT2D eigenvalue weighted by molar-refractivity contribution is 8.11. The Morgan fingerprint density at radius 2 is 1.27 bits per heavy atom. The maximum absolute atomic E-state index is 4.71. The minimum atomic E-state index is 0.194. The van der Waals surface area contributed by atoms with E-state index in [1.165, 1.54) is 0 Å². The van der Waals surface area contributed by atoms with Crippen LogP contribution < -0.4 is 11.5 Å². The van der Waals surface area contributed by atoms with Crippen molar-refractivity contribution in [2.24, 2.45) is 11.5 Å². The summed E-state index contributed by atoms with van der Waals surface area (Å²) >= 11 is 15.3. The van der Waals surface area contributed by atoms with Gasteiger partial charge in [0.15, 0.2) is 0 Å². The number of thiol groups is 2. The van der Waals surface area contributed by atoms with Gasteiger partial charge in [0.1, 0.15) is 8.64 Å². The molecule has 0 saturated carbocycles. The average molecular weight is 228 g/mol. The molecular formula is C5H12N2S4. The van der Waals surface area contributed by atoms with Crippen molar-refractivity contribution in [1.29, 1.82) is 0 Å². The van der Waals surface area contributed by atoms with E-state index in [2.05, 4.69) is 56.3 Å². The van der Waals surface area contributed by atoms with Crippen molar-refractivity contribution < 1.29 is 0 Å². The molecule has 0 aliphatic carbocycles. The molecule has 66 valence electrons. The molecule has 0 bridgehead atoms. The van der Waals surface area contributed by atoms with Crippen LogP contribution in [0, 0.1) is 0 Å². The second-order valence-electron chi connectivity index (χ2n) is 1.08. The van der Waals surface area contributed by atoms with Crippen LogP contribution in [0.3, 0.4) is 0 Å². The van der Waals surface area contributed by atoms with Gasteiger partial charge >= 0.3 is 0 Å². The lowest BCUT2D eigenvalue weighted by molar-refractivity contribution is 1.80. The molecule has 0 aromatic heterocycles. The monoisotopic (exact) mass is 228 g/mol. The molecule has 0 atom stereocenters. The lowest BCUT2D eigenvalue weighted by Crippen LogP contribution is -1.94. The topological polar surface area (TPSA) is 52.0 Å². The quantitative estimate of drug-likeness (QED) is 0.288. The van der Waals surface area contributed by atoms with E-state index in [9.17, 15) is 0 Å². The summed E-state index contributed by atoms with van der Waals surface area (Å²) in [5.41, 5.74) is 9.41. The SMILES string of the molecule is C=CC.NC(=S)S.NC(=S)S. The van der Waals surface area contributed by atoms with Gasteiger partial charge in [-0.1, -0.05) is 30.5 Å². The van der Waals surface area contributed by atoms with Crippen molar-refractivity contribution in [3.05, 3.63) is 12.7 Å². The maximum atomic E-state index is 4.71. The molecule has 0 aromatic rings. The van der Waals surface area contributed by atoms with Gasteiger partial charge in [-0.05, 0) is 6.92 Å². The minimum absolute atomic E-state index is 0.194. The van der Waals surface area contributed by atoms with Crippen LogP contribution in [0.1, 0.15) is 6.92 Å². The average Bonchev–Trinajstić information content (AvgIpc) is 1.60. The smallest absolute Gasteiger partial charge is 0.128 e. The van der Waals surface area contributed by atoms with Crippen LogP contribution >= 0.6 is 49.7 Å². The summed E-state index contributed by atoms with van der Waals surface area (Å²) in [6.07, 6.45) is 1.75. The van der Waals surface area contributed by atoms with E-state index in [-0.39, 0.29) is 8.64 Å². The Morgan fingerprint density at radius 3 is 1.27 bits per heavy atom. The van der Waals surface area contributed by atoms with Gasteiger partial charge in [0.25, 0.3) is 0 Å². The van der Waals surface area contributed by atoms with Crippen molar-refractivity contribution >= 4 is 58.3 Å². The number of nitrogens with two attached hydrogens (primary N) is 2. The molecule has 0 heterocycles. The van der Waals surface area contributed by atoms with Gasteiger partial charge in [-0.25, -0.2) is 0 Å². The first kappa shape index (κ1) is 17.3. The molecule has 0 radical (unpaired) electrons. The molecule has 0 aliphatic rings. The molecule has 4 N–H and O–H groups in total. The van der Waals surface area contributed by atoms with Crippen LogP contribution in [-0.2, 0) is 0 Å².